The van der Waals surface area contributed by atoms with Gasteiger partial charge in [-0.05, 0) is 51.1 Å². The summed E-state index contributed by atoms with van der Waals surface area (Å²) in [5.41, 5.74) is -0.847. The summed E-state index contributed by atoms with van der Waals surface area (Å²) in [6, 6.07) is 3.82. The summed E-state index contributed by atoms with van der Waals surface area (Å²) in [5.74, 6) is -0.0651. The van der Waals surface area contributed by atoms with Crippen molar-refractivity contribution in [2.24, 2.45) is 0 Å². The van der Waals surface area contributed by atoms with Crippen molar-refractivity contribution >= 4 is 9.84 Å². The van der Waals surface area contributed by atoms with Crippen molar-refractivity contribution in [3.05, 3.63) is 29.8 Å². The summed E-state index contributed by atoms with van der Waals surface area (Å²) in [7, 11) is -1.73. The molecule has 20 heavy (non-hydrogen) atoms. The van der Waals surface area contributed by atoms with Crippen LogP contribution in [-0.2, 0) is 16.0 Å². The first-order valence-corrected chi connectivity index (χ1v) is 7.89. The topological polar surface area (TPSA) is 46.2 Å². The van der Waals surface area contributed by atoms with Crippen molar-refractivity contribution in [1.29, 1.82) is 0 Å². The zero-order chi connectivity index (χ0) is 15.4. The lowest BCUT2D eigenvalue weighted by atomic mass is 10.2. The van der Waals surface area contributed by atoms with Crippen LogP contribution in [0.5, 0.6) is 0 Å². The molecule has 3 nitrogen and oxygen atoms in total. The molecule has 0 aromatic heterocycles. The molecule has 0 radical (unpaired) electrons. The molecule has 0 amide bonds. The fourth-order valence-electron chi connectivity index (χ4n) is 1.69. The van der Waals surface area contributed by atoms with E-state index in [2.05, 4.69) is 5.32 Å². The third kappa shape index (κ3) is 4.79. The van der Waals surface area contributed by atoms with Crippen LogP contribution in [0.25, 0.3) is 0 Å². The van der Waals surface area contributed by atoms with E-state index in [1.54, 1.807) is 7.05 Å². The molecule has 0 aliphatic carbocycles. The monoisotopic (exact) mass is 309 g/mol. The second-order valence-electron chi connectivity index (χ2n) is 4.67. The fourth-order valence-corrected chi connectivity index (χ4v) is 3.03. The smallest absolute Gasteiger partial charge is 0.317 e. The average Bonchev–Trinajstić information content (AvgIpc) is 2.37. The second-order valence-corrected chi connectivity index (χ2v) is 6.78. The Labute approximate surface area is 117 Å². The Morgan fingerprint density at radius 1 is 1.20 bits per heavy atom. The minimum atomic E-state index is -4.45. The molecule has 0 saturated carbocycles. The first-order chi connectivity index (χ1) is 9.16. The van der Waals surface area contributed by atoms with E-state index in [9.17, 15) is 21.6 Å². The lowest BCUT2D eigenvalue weighted by Crippen LogP contribution is -2.22. The molecule has 0 bridgehead atoms. The van der Waals surface area contributed by atoms with Gasteiger partial charge in [0.1, 0.15) is 0 Å². The number of halogens is 3. The molecule has 0 fully saturated rings. The molecule has 0 saturated heterocycles. The van der Waals surface area contributed by atoms with E-state index in [1.165, 1.54) is 0 Å². The van der Waals surface area contributed by atoms with Gasteiger partial charge in [-0.2, -0.15) is 13.2 Å². The van der Waals surface area contributed by atoms with E-state index in [0.29, 0.717) is 12.8 Å². The lowest BCUT2D eigenvalue weighted by Gasteiger charge is -2.11. The number of sulfone groups is 1. The Morgan fingerprint density at radius 2 is 1.75 bits per heavy atom. The fraction of sp³-hybridized carbons (Fsp3) is 0.538. The van der Waals surface area contributed by atoms with Crippen LogP contribution in [0.1, 0.15) is 25.3 Å². The van der Waals surface area contributed by atoms with Gasteiger partial charge in [0.05, 0.1) is 16.2 Å². The summed E-state index contributed by atoms with van der Waals surface area (Å²) in [5, 5.41) is 3.00. The van der Waals surface area contributed by atoms with E-state index >= 15 is 0 Å². The molecule has 1 aromatic rings. The highest BCUT2D eigenvalue weighted by Gasteiger charge is 2.30. The second kappa shape index (κ2) is 6.58. The molecule has 0 heterocycles. The maximum atomic E-state index is 12.4. The number of hydrogen-bond donors (Lipinski definition) is 1. The minimum Gasteiger partial charge on any atom is -0.317 e. The molecular formula is C13H18F3NO2S. The number of hydrogen-bond acceptors (Lipinski definition) is 3. The van der Waals surface area contributed by atoms with Crippen LogP contribution >= 0.6 is 0 Å². The van der Waals surface area contributed by atoms with Gasteiger partial charge in [0.2, 0.25) is 0 Å². The Bertz CT molecular complexity index is 524. The summed E-state index contributed by atoms with van der Waals surface area (Å²) < 4.78 is 61.1. The lowest BCUT2D eigenvalue weighted by molar-refractivity contribution is -0.137. The normalized spacial score (nSPS) is 14.2. The first kappa shape index (κ1) is 17.0. The summed E-state index contributed by atoms with van der Waals surface area (Å²) in [6.45, 7) is 1.94. The van der Waals surface area contributed by atoms with Crippen LogP contribution in [0, 0.1) is 0 Å². The number of benzene rings is 1. The quantitative estimate of drug-likeness (QED) is 0.879. The van der Waals surface area contributed by atoms with Gasteiger partial charge < -0.3 is 5.32 Å². The molecule has 1 unspecified atom stereocenters. The van der Waals surface area contributed by atoms with E-state index < -0.39 is 21.6 Å². The maximum absolute atomic E-state index is 12.4. The van der Waals surface area contributed by atoms with Crippen molar-refractivity contribution in [3.63, 3.8) is 0 Å². The van der Waals surface area contributed by atoms with Crippen molar-refractivity contribution in [2.75, 3.05) is 12.8 Å². The van der Waals surface area contributed by atoms with Crippen LogP contribution in [-0.4, -0.2) is 27.3 Å². The Hall–Kier alpha value is -1.08. The van der Waals surface area contributed by atoms with Crippen LogP contribution in [0.15, 0.2) is 29.2 Å². The zero-order valence-corrected chi connectivity index (χ0v) is 12.2. The highest BCUT2D eigenvalue weighted by atomic mass is 32.2. The van der Waals surface area contributed by atoms with Gasteiger partial charge >= 0.3 is 6.18 Å². The summed E-state index contributed by atoms with van der Waals surface area (Å²) in [4.78, 5) is -0.0670. The third-order valence-electron chi connectivity index (χ3n) is 3.08. The van der Waals surface area contributed by atoms with Gasteiger partial charge in [-0.1, -0.05) is 0 Å². The summed E-state index contributed by atoms with van der Waals surface area (Å²) >= 11 is 0. The van der Waals surface area contributed by atoms with Gasteiger partial charge in [-0.3, -0.25) is 0 Å². The number of alkyl halides is 3. The molecule has 0 spiro atoms. The van der Waals surface area contributed by atoms with Crippen molar-refractivity contribution in [2.45, 2.75) is 36.9 Å². The molecular weight excluding hydrogens is 291 g/mol. The van der Waals surface area contributed by atoms with E-state index in [-0.39, 0.29) is 16.7 Å². The molecule has 1 rings (SSSR count). The maximum Gasteiger partial charge on any atom is 0.416 e. The molecule has 1 aromatic carbocycles. The van der Waals surface area contributed by atoms with Crippen molar-refractivity contribution in [3.8, 4) is 0 Å². The van der Waals surface area contributed by atoms with E-state index in [0.717, 1.165) is 24.3 Å². The van der Waals surface area contributed by atoms with E-state index in [4.69, 9.17) is 0 Å². The van der Waals surface area contributed by atoms with Crippen LogP contribution in [0.3, 0.4) is 0 Å². The van der Waals surface area contributed by atoms with Crippen LogP contribution < -0.4 is 5.32 Å². The van der Waals surface area contributed by atoms with Crippen LogP contribution in [0.2, 0.25) is 0 Å². The Morgan fingerprint density at radius 3 is 2.20 bits per heavy atom. The largest absolute Gasteiger partial charge is 0.416 e. The molecule has 1 N–H and O–H groups in total. The zero-order valence-electron chi connectivity index (χ0n) is 11.4. The number of nitrogens with one attached hydrogen (secondary N) is 1. The molecule has 7 heteroatoms. The molecule has 0 aliphatic rings. The van der Waals surface area contributed by atoms with Crippen LogP contribution in [0.4, 0.5) is 13.2 Å². The highest BCUT2D eigenvalue weighted by Crippen LogP contribution is 2.29. The van der Waals surface area contributed by atoms with E-state index in [1.807, 2.05) is 6.92 Å². The molecule has 1 atom stereocenters. The van der Waals surface area contributed by atoms with Gasteiger partial charge in [-0.15, -0.1) is 0 Å². The predicted molar refractivity (Wildman–Crippen MR) is 71.3 cm³/mol. The minimum absolute atomic E-state index is 0.0651. The Kier molecular flexibility index (Phi) is 5.59. The summed E-state index contributed by atoms with van der Waals surface area (Å²) in [6.07, 6.45) is -3.30. The highest BCUT2D eigenvalue weighted by molar-refractivity contribution is 7.91. The first-order valence-electron chi connectivity index (χ1n) is 6.24. The predicted octanol–water partition coefficient (Wildman–Crippen LogP) is 2.87. The van der Waals surface area contributed by atoms with Crippen molar-refractivity contribution in [1.82, 2.24) is 5.32 Å². The van der Waals surface area contributed by atoms with Gasteiger partial charge in [-0.25, -0.2) is 8.42 Å². The molecule has 0 aliphatic heterocycles. The van der Waals surface area contributed by atoms with Crippen molar-refractivity contribution < 1.29 is 21.6 Å². The third-order valence-corrected chi connectivity index (χ3v) is 4.90. The average molecular weight is 309 g/mol. The van der Waals surface area contributed by atoms with Gasteiger partial charge in [0.15, 0.2) is 9.84 Å². The standard InChI is InChI=1S/C13H18F3NO2S/c1-10(17-2)4-3-9-20(18,19)12-7-5-11(6-8-12)13(14,15)16/h5-8,10,17H,3-4,9H2,1-2H3. The van der Waals surface area contributed by atoms with Gasteiger partial charge in [0, 0.05) is 6.04 Å². The SMILES string of the molecule is CNC(C)CCCS(=O)(=O)c1ccc(C(F)(F)F)cc1. The Balaban J connectivity index is 2.73. The molecule has 114 valence electrons. The number of rotatable bonds is 6. The van der Waals surface area contributed by atoms with Gasteiger partial charge in [0.25, 0.3) is 0 Å².